The molecule has 0 radical (unpaired) electrons. The van der Waals surface area contributed by atoms with Gasteiger partial charge in [-0.15, -0.1) is 0 Å². The zero-order valence-electron chi connectivity index (χ0n) is 14.3. The molecular formula is C18H28O4Si. The lowest BCUT2D eigenvalue weighted by molar-refractivity contribution is 0.195. The molecule has 0 unspecified atom stereocenters. The lowest BCUT2D eigenvalue weighted by Gasteiger charge is -2.36. The highest BCUT2D eigenvalue weighted by Gasteiger charge is 2.41. The van der Waals surface area contributed by atoms with Crippen molar-refractivity contribution in [2.45, 2.75) is 64.3 Å². The minimum absolute atomic E-state index is 0.279. The molecule has 2 heterocycles. The van der Waals surface area contributed by atoms with Gasteiger partial charge in [0.1, 0.15) is 24.2 Å². The van der Waals surface area contributed by atoms with Gasteiger partial charge in [-0.1, -0.05) is 39.5 Å². The van der Waals surface area contributed by atoms with E-state index in [-0.39, 0.29) is 6.10 Å². The highest BCUT2D eigenvalue weighted by atomic mass is 28.4. The van der Waals surface area contributed by atoms with E-state index in [1.807, 2.05) is 6.07 Å². The molecule has 0 spiro atoms. The third-order valence-electron chi connectivity index (χ3n) is 4.48. The van der Waals surface area contributed by atoms with Crippen LogP contribution in [0.1, 0.15) is 45.1 Å². The van der Waals surface area contributed by atoms with E-state index in [1.165, 1.54) is 25.7 Å². The van der Waals surface area contributed by atoms with Crippen LogP contribution in [0.25, 0.3) is 0 Å². The van der Waals surface area contributed by atoms with Gasteiger partial charge in [0.2, 0.25) is 0 Å². The molecule has 23 heavy (non-hydrogen) atoms. The van der Waals surface area contributed by atoms with E-state index < -0.39 is 8.56 Å². The summed E-state index contributed by atoms with van der Waals surface area (Å²) >= 11 is 0. The third kappa shape index (κ3) is 4.49. The number of epoxide rings is 1. The van der Waals surface area contributed by atoms with Crippen LogP contribution in [0.2, 0.25) is 12.1 Å². The molecule has 2 aliphatic rings. The van der Waals surface area contributed by atoms with E-state index in [9.17, 15) is 0 Å². The van der Waals surface area contributed by atoms with Crippen molar-refractivity contribution >= 4 is 8.56 Å². The van der Waals surface area contributed by atoms with Crippen LogP contribution in [-0.2, 0) is 15.8 Å². The number of ether oxygens (including phenoxy) is 2. The van der Waals surface area contributed by atoms with Crippen LogP contribution in [0.15, 0.2) is 18.2 Å². The monoisotopic (exact) mass is 336 g/mol. The number of fused-ring (bicyclic) bond motifs is 1. The molecule has 3 rings (SSSR count). The average Bonchev–Trinajstić information content (AvgIpc) is 3.41. The second-order valence-electron chi connectivity index (χ2n) is 6.54. The summed E-state index contributed by atoms with van der Waals surface area (Å²) in [5, 5.41) is 0. The molecule has 0 aliphatic carbocycles. The summed E-state index contributed by atoms with van der Waals surface area (Å²) in [4.78, 5) is 0. The van der Waals surface area contributed by atoms with Crippen LogP contribution in [0.4, 0.5) is 0 Å². The molecule has 0 bridgehead atoms. The summed E-state index contributed by atoms with van der Waals surface area (Å²) in [5.41, 5.74) is 1.11. The molecule has 1 atom stereocenters. The van der Waals surface area contributed by atoms with E-state index >= 15 is 0 Å². The van der Waals surface area contributed by atoms with Crippen molar-refractivity contribution in [2.24, 2.45) is 0 Å². The summed E-state index contributed by atoms with van der Waals surface area (Å²) in [7, 11) is -2.08. The number of benzene rings is 1. The van der Waals surface area contributed by atoms with Crippen molar-refractivity contribution in [3.8, 4) is 11.5 Å². The van der Waals surface area contributed by atoms with Crippen molar-refractivity contribution in [1.29, 1.82) is 0 Å². The van der Waals surface area contributed by atoms with E-state index in [1.54, 1.807) is 0 Å². The Balaban J connectivity index is 1.67. The maximum atomic E-state index is 6.45. The molecule has 0 aromatic heterocycles. The Morgan fingerprint density at radius 2 is 1.91 bits per heavy atom. The fraction of sp³-hybridized carbons (Fsp3) is 0.667. The van der Waals surface area contributed by atoms with Crippen molar-refractivity contribution < 1.29 is 18.3 Å². The van der Waals surface area contributed by atoms with Gasteiger partial charge in [0, 0.05) is 17.7 Å². The molecule has 2 aliphatic heterocycles. The number of hydrogen-bond donors (Lipinski definition) is 0. The van der Waals surface area contributed by atoms with Crippen molar-refractivity contribution in [1.82, 2.24) is 0 Å². The second kappa shape index (κ2) is 7.68. The predicted molar refractivity (Wildman–Crippen MR) is 92.3 cm³/mol. The Morgan fingerprint density at radius 1 is 1.17 bits per heavy atom. The highest BCUT2D eigenvalue weighted by molar-refractivity contribution is 6.68. The van der Waals surface area contributed by atoms with Gasteiger partial charge in [-0.2, -0.15) is 0 Å². The highest BCUT2D eigenvalue weighted by Crippen LogP contribution is 2.37. The Bertz CT molecular complexity index is 508. The molecule has 4 nitrogen and oxygen atoms in total. The van der Waals surface area contributed by atoms with Crippen molar-refractivity contribution in [2.75, 3.05) is 13.2 Å². The van der Waals surface area contributed by atoms with Gasteiger partial charge >= 0.3 is 8.56 Å². The molecule has 5 heteroatoms. The summed E-state index contributed by atoms with van der Waals surface area (Å²) in [6.45, 7) is 6.57. The summed E-state index contributed by atoms with van der Waals surface area (Å²) in [6, 6.07) is 8.31. The molecule has 0 N–H and O–H groups in total. The van der Waals surface area contributed by atoms with Gasteiger partial charge in [-0.05, 0) is 18.2 Å². The van der Waals surface area contributed by atoms with Crippen LogP contribution >= 0.6 is 0 Å². The van der Waals surface area contributed by atoms with Crippen LogP contribution in [0, 0.1) is 0 Å². The van der Waals surface area contributed by atoms with Gasteiger partial charge in [0.05, 0.1) is 13.2 Å². The van der Waals surface area contributed by atoms with Gasteiger partial charge in [-0.25, -0.2) is 0 Å². The van der Waals surface area contributed by atoms with Crippen LogP contribution in [-0.4, -0.2) is 27.9 Å². The smallest absolute Gasteiger partial charge is 0.399 e. The average molecular weight is 337 g/mol. The molecule has 0 amide bonds. The molecule has 0 saturated carbocycles. The van der Waals surface area contributed by atoms with Crippen LogP contribution in [0.5, 0.6) is 11.5 Å². The van der Waals surface area contributed by atoms with E-state index in [0.717, 1.165) is 35.8 Å². The number of rotatable bonds is 9. The topological polar surface area (TPSA) is 40.2 Å². The van der Waals surface area contributed by atoms with Crippen LogP contribution < -0.4 is 9.16 Å². The van der Waals surface area contributed by atoms with Gasteiger partial charge < -0.3 is 18.3 Å². The first-order valence-corrected chi connectivity index (χ1v) is 11.2. The number of unbranched alkanes of at least 4 members (excludes halogenated alkanes) is 2. The van der Waals surface area contributed by atoms with E-state index in [4.69, 9.17) is 18.3 Å². The molecular weight excluding hydrogens is 308 g/mol. The quantitative estimate of drug-likeness (QED) is 0.494. The van der Waals surface area contributed by atoms with Crippen molar-refractivity contribution in [3.05, 3.63) is 23.8 Å². The third-order valence-corrected chi connectivity index (χ3v) is 7.97. The molecule has 1 aromatic rings. The lowest BCUT2D eigenvalue weighted by Crippen LogP contribution is -2.47. The zero-order valence-corrected chi connectivity index (χ0v) is 15.3. The van der Waals surface area contributed by atoms with Gasteiger partial charge in [0.15, 0.2) is 0 Å². The Morgan fingerprint density at radius 3 is 2.57 bits per heavy atom. The predicted octanol–water partition coefficient (Wildman–Crippen LogP) is 4.42. The van der Waals surface area contributed by atoms with Crippen LogP contribution in [0.3, 0.4) is 0 Å². The maximum absolute atomic E-state index is 6.45. The van der Waals surface area contributed by atoms with Crippen molar-refractivity contribution in [3.63, 3.8) is 0 Å². The molecule has 1 fully saturated rings. The van der Waals surface area contributed by atoms with Gasteiger partial charge in [-0.3, -0.25) is 0 Å². The molecule has 1 saturated heterocycles. The minimum atomic E-state index is -2.08. The minimum Gasteiger partial charge on any atom is -0.520 e. The lowest BCUT2D eigenvalue weighted by atomic mass is 10.2. The first kappa shape index (κ1) is 16.8. The SMILES string of the molecule is CCCC[Si]1(CCCC)OCc2cc(OC[C@@H]3CO3)ccc2O1. The Hall–Kier alpha value is -1.04. The Labute approximate surface area is 140 Å². The first-order chi connectivity index (χ1) is 11.2. The fourth-order valence-electron chi connectivity index (χ4n) is 2.91. The van der Waals surface area contributed by atoms with E-state index in [2.05, 4.69) is 26.0 Å². The number of hydrogen-bond acceptors (Lipinski definition) is 4. The second-order valence-corrected chi connectivity index (χ2v) is 9.86. The Kier molecular flexibility index (Phi) is 5.61. The molecule has 1 aromatic carbocycles. The summed E-state index contributed by atoms with van der Waals surface area (Å²) in [6.07, 6.45) is 5.04. The van der Waals surface area contributed by atoms with E-state index in [0.29, 0.717) is 13.2 Å². The summed E-state index contributed by atoms with van der Waals surface area (Å²) < 4.78 is 23.7. The normalized spacial score (nSPS) is 21.4. The van der Waals surface area contributed by atoms with Gasteiger partial charge in [0.25, 0.3) is 0 Å². The standard InChI is InChI=1S/C18H28O4Si/c1-3-5-9-23(10-6-4-2)21-12-15-11-16(7-8-18(15)22-23)19-13-17-14-20-17/h7-8,11,17H,3-6,9-10,12-14H2,1-2H3/t17-/m1/s1. The first-order valence-electron chi connectivity index (χ1n) is 8.95. The molecule has 128 valence electrons. The summed E-state index contributed by atoms with van der Waals surface area (Å²) in [5.74, 6) is 1.88. The zero-order chi connectivity index (χ0) is 16.1. The maximum Gasteiger partial charge on any atom is 0.399 e. The largest absolute Gasteiger partial charge is 0.520 e. The fourth-order valence-corrected chi connectivity index (χ4v) is 6.52.